The molecule has 1 aliphatic heterocycles. The second-order valence-electron chi connectivity index (χ2n) is 4.69. The Balaban J connectivity index is 2.07. The minimum Gasteiger partial charge on any atom is -0.465 e. The highest BCUT2D eigenvalue weighted by atomic mass is 32.1. The second kappa shape index (κ2) is 5.20. The topological polar surface area (TPSA) is 60.8 Å². The van der Waals surface area contributed by atoms with Crippen LogP contribution in [0.1, 0.15) is 23.7 Å². The molecule has 2 N–H and O–H groups in total. The minimum absolute atomic E-state index is 0.283. The summed E-state index contributed by atoms with van der Waals surface area (Å²) >= 11 is 4.51. The van der Waals surface area contributed by atoms with Crippen LogP contribution in [0.3, 0.4) is 0 Å². The lowest BCUT2D eigenvalue weighted by Gasteiger charge is -2.40. The minimum atomic E-state index is -0.934. The van der Waals surface area contributed by atoms with Crippen LogP contribution >= 0.6 is 12.6 Å². The van der Waals surface area contributed by atoms with Crippen molar-refractivity contribution in [3.05, 3.63) is 35.9 Å². The molecule has 1 amide bonds. The van der Waals surface area contributed by atoms with Crippen molar-refractivity contribution in [2.24, 2.45) is 0 Å². The molecule has 4 nitrogen and oxygen atoms in total. The fourth-order valence-corrected chi connectivity index (χ4v) is 2.73. The van der Waals surface area contributed by atoms with E-state index in [4.69, 9.17) is 5.11 Å². The van der Waals surface area contributed by atoms with Gasteiger partial charge in [-0.25, -0.2) is 4.79 Å². The highest BCUT2D eigenvalue weighted by molar-refractivity contribution is 7.80. The van der Waals surface area contributed by atoms with Crippen LogP contribution in [0.15, 0.2) is 30.3 Å². The van der Waals surface area contributed by atoms with Gasteiger partial charge in [0.05, 0.1) is 10.9 Å². The summed E-state index contributed by atoms with van der Waals surface area (Å²) in [6.45, 7) is 0.714. The number of aliphatic hydroxyl groups is 1. The van der Waals surface area contributed by atoms with Gasteiger partial charge in [0.2, 0.25) is 0 Å². The molecule has 1 aliphatic rings. The molecule has 1 aromatic carbocycles. The number of benzene rings is 1. The lowest BCUT2D eigenvalue weighted by atomic mass is 9.85. The molecular weight excluding hydrogens is 250 g/mol. The van der Waals surface area contributed by atoms with Gasteiger partial charge in [-0.05, 0) is 18.4 Å². The molecule has 0 radical (unpaired) electrons. The van der Waals surface area contributed by atoms with Gasteiger partial charge in [-0.2, -0.15) is 12.6 Å². The fourth-order valence-electron chi connectivity index (χ4n) is 2.30. The number of piperidine rings is 1. The van der Waals surface area contributed by atoms with E-state index in [1.807, 2.05) is 30.3 Å². The summed E-state index contributed by atoms with van der Waals surface area (Å²) in [5.74, 6) is 0. The third-order valence-corrected chi connectivity index (χ3v) is 4.30. The maximum atomic E-state index is 10.8. The summed E-state index contributed by atoms with van der Waals surface area (Å²) < 4.78 is 0. The smallest absolute Gasteiger partial charge is 0.407 e. The van der Waals surface area contributed by atoms with Crippen molar-refractivity contribution in [3.63, 3.8) is 0 Å². The second-order valence-corrected chi connectivity index (χ2v) is 5.20. The highest BCUT2D eigenvalue weighted by Gasteiger charge is 2.39. The quantitative estimate of drug-likeness (QED) is 0.720. The van der Waals surface area contributed by atoms with Crippen molar-refractivity contribution in [1.82, 2.24) is 4.90 Å². The third-order valence-electron chi connectivity index (χ3n) is 3.52. The van der Waals surface area contributed by atoms with Gasteiger partial charge in [-0.1, -0.05) is 30.3 Å². The number of rotatable bonds is 2. The molecule has 0 aromatic heterocycles. The Morgan fingerprint density at radius 3 is 2.33 bits per heavy atom. The van der Waals surface area contributed by atoms with Gasteiger partial charge in [-0.15, -0.1) is 0 Å². The Morgan fingerprint density at radius 2 is 1.83 bits per heavy atom. The molecule has 1 heterocycles. The van der Waals surface area contributed by atoms with Crippen molar-refractivity contribution in [3.8, 4) is 0 Å². The SMILES string of the molecule is O=C(O)N1CCC(O)(C(S)c2ccccc2)CC1. The van der Waals surface area contributed by atoms with Crippen molar-refractivity contribution in [2.75, 3.05) is 13.1 Å². The highest BCUT2D eigenvalue weighted by Crippen LogP contribution is 2.39. The maximum Gasteiger partial charge on any atom is 0.407 e. The van der Waals surface area contributed by atoms with E-state index < -0.39 is 11.7 Å². The first-order valence-electron chi connectivity index (χ1n) is 5.96. The average Bonchev–Trinajstić information content (AvgIpc) is 2.39. The van der Waals surface area contributed by atoms with E-state index >= 15 is 0 Å². The van der Waals surface area contributed by atoms with E-state index in [9.17, 15) is 9.90 Å². The molecule has 1 aromatic rings. The Kier molecular flexibility index (Phi) is 3.82. The first kappa shape index (κ1) is 13.2. The summed E-state index contributed by atoms with van der Waals surface area (Å²) in [5.41, 5.74) is 0.0308. The number of thiol groups is 1. The summed E-state index contributed by atoms with van der Waals surface area (Å²) in [4.78, 5) is 12.2. The normalized spacial score (nSPS) is 20.4. The molecule has 18 heavy (non-hydrogen) atoms. The van der Waals surface area contributed by atoms with E-state index in [1.54, 1.807) is 0 Å². The molecule has 1 unspecified atom stereocenters. The lowest BCUT2D eigenvalue weighted by Crippen LogP contribution is -2.48. The predicted molar refractivity (Wildman–Crippen MR) is 72.0 cm³/mol. The Hall–Kier alpha value is -1.20. The summed E-state index contributed by atoms with van der Waals surface area (Å²) in [6, 6.07) is 9.60. The Morgan fingerprint density at radius 1 is 1.28 bits per heavy atom. The number of hydrogen-bond donors (Lipinski definition) is 3. The standard InChI is InChI=1S/C13H17NO3S/c15-12(16)14-8-6-13(17,7-9-14)11(18)10-4-2-1-3-5-10/h1-5,11,17-18H,6-9H2,(H,15,16). The molecular formula is C13H17NO3S. The van der Waals surface area contributed by atoms with E-state index in [2.05, 4.69) is 12.6 Å². The molecule has 2 rings (SSSR count). The molecule has 0 bridgehead atoms. The average molecular weight is 267 g/mol. The van der Waals surface area contributed by atoms with Gasteiger partial charge in [0.25, 0.3) is 0 Å². The largest absolute Gasteiger partial charge is 0.465 e. The van der Waals surface area contributed by atoms with Gasteiger partial charge in [0, 0.05) is 13.1 Å². The monoisotopic (exact) mass is 267 g/mol. The van der Waals surface area contributed by atoms with Crippen LogP contribution in [0.5, 0.6) is 0 Å². The Labute approximate surface area is 112 Å². The van der Waals surface area contributed by atoms with Gasteiger partial charge >= 0.3 is 6.09 Å². The molecule has 0 saturated carbocycles. The summed E-state index contributed by atoms with van der Waals surface area (Å²) in [6.07, 6.45) is -0.0856. The van der Waals surface area contributed by atoms with Gasteiger partial charge in [0.1, 0.15) is 0 Å². The van der Waals surface area contributed by atoms with Crippen molar-refractivity contribution in [2.45, 2.75) is 23.7 Å². The molecule has 0 aliphatic carbocycles. The molecule has 1 fully saturated rings. The van der Waals surface area contributed by atoms with Crippen LogP contribution < -0.4 is 0 Å². The molecule has 5 heteroatoms. The molecule has 0 spiro atoms. The number of nitrogens with zero attached hydrogens (tertiary/aromatic N) is 1. The van der Waals surface area contributed by atoms with E-state index in [0.29, 0.717) is 25.9 Å². The van der Waals surface area contributed by atoms with Crippen molar-refractivity contribution >= 4 is 18.7 Å². The van der Waals surface area contributed by atoms with E-state index in [-0.39, 0.29) is 5.25 Å². The van der Waals surface area contributed by atoms with Crippen LogP contribution in [0.4, 0.5) is 4.79 Å². The number of carboxylic acid groups (broad SMARTS) is 1. The number of carbonyl (C=O) groups is 1. The summed E-state index contributed by atoms with van der Waals surface area (Å²) in [5, 5.41) is 19.2. The molecule has 1 atom stereocenters. The number of likely N-dealkylation sites (tertiary alicyclic amines) is 1. The maximum absolute atomic E-state index is 10.8. The zero-order valence-corrected chi connectivity index (χ0v) is 10.9. The van der Waals surface area contributed by atoms with E-state index in [0.717, 1.165) is 5.56 Å². The lowest BCUT2D eigenvalue weighted by molar-refractivity contribution is -0.0182. The molecule has 98 valence electrons. The van der Waals surface area contributed by atoms with Crippen LogP contribution in [0.25, 0.3) is 0 Å². The summed E-state index contributed by atoms with van der Waals surface area (Å²) in [7, 11) is 0. The van der Waals surface area contributed by atoms with E-state index in [1.165, 1.54) is 4.90 Å². The van der Waals surface area contributed by atoms with Crippen molar-refractivity contribution in [1.29, 1.82) is 0 Å². The van der Waals surface area contributed by atoms with Crippen LogP contribution in [0, 0.1) is 0 Å². The van der Waals surface area contributed by atoms with Gasteiger partial charge < -0.3 is 15.1 Å². The third kappa shape index (κ3) is 2.62. The van der Waals surface area contributed by atoms with Crippen LogP contribution in [-0.4, -0.2) is 39.9 Å². The molecule has 1 saturated heterocycles. The zero-order chi connectivity index (χ0) is 13.2. The van der Waals surface area contributed by atoms with Crippen molar-refractivity contribution < 1.29 is 15.0 Å². The van der Waals surface area contributed by atoms with Gasteiger partial charge in [-0.3, -0.25) is 0 Å². The zero-order valence-electron chi connectivity index (χ0n) is 9.99. The number of hydrogen-bond acceptors (Lipinski definition) is 3. The van der Waals surface area contributed by atoms with Crippen LogP contribution in [0.2, 0.25) is 0 Å². The first-order valence-corrected chi connectivity index (χ1v) is 6.48. The fraction of sp³-hybridized carbons (Fsp3) is 0.462. The van der Waals surface area contributed by atoms with Gasteiger partial charge in [0.15, 0.2) is 0 Å². The first-order chi connectivity index (χ1) is 8.53. The van der Waals surface area contributed by atoms with Crippen LogP contribution in [-0.2, 0) is 0 Å². The Bertz CT molecular complexity index is 416. The predicted octanol–water partition coefficient (Wildman–Crippen LogP) is 2.16. The number of amides is 1.